The summed E-state index contributed by atoms with van der Waals surface area (Å²) in [6, 6.07) is 8.26. The number of phenols is 1. The van der Waals surface area contributed by atoms with Crippen LogP contribution in [0.3, 0.4) is 0 Å². The number of unbranched alkanes of at least 4 members (excludes halogenated alkanes) is 15. The van der Waals surface area contributed by atoms with Gasteiger partial charge in [0.1, 0.15) is 17.0 Å². The van der Waals surface area contributed by atoms with Crippen LogP contribution in [0.25, 0.3) is 22.6 Å². The lowest BCUT2D eigenvalue weighted by Crippen LogP contribution is -2.09. The Morgan fingerprint density at radius 2 is 1.29 bits per heavy atom. The second-order valence-corrected chi connectivity index (χ2v) is 9.85. The Morgan fingerprint density at radius 1 is 0.735 bits per heavy atom. The van der Waals surface area contributed by atoms with E-state index in [0.29, 0.717) is 22.6 Å². The van der Waals surface area contributed by atoms with Crippen molar-refractivity contribution < 1.29 is 9.52 Å². The molecule has 3 rings (SSSR count). The average molecular weight is 466 g/mol. The van der Waals surface area contributed by atoms with Gasteiger partial charge in [-0.1, -0.05) is 103 Å². The summed E-state index contributed by atoms with van der Waals surface area (Å²) in [7, 11) is 0. The molecule has 0 fully saturated rings. The quantitative estimate of drug-likeness (QED) is 0.160. The maximum atomic E-state index is 12.5. The summed E-state index contributed by atoms with van der Waals surface area (Å²) < 4.78 is 5.78. The Hall–Kier alpha value is -2.36. The Kier molecular flexibility index (Phi) is 11.4. The zero-order chi connectivity index (χ0) is 24.0. The van der Waals surface area contributed by atoms with Crippen LogP contribution in [0.15, 0.2) is 39.5 Å². The average Bonchev–Trinajstić information content (AvgIpc) is 2.83. The fraction of sp³-hybridized carbons (Fsp3) is 0.600. The van der Waals surface area contributed by atoms with Gasteiger partial charge in [0.05, 0.1) is 0 Å². The number of hydrogen-bond acceptors (Lipinski definition) is 4. The predicted molar refractivity (Wildman–Crippen MR) is 142 cm³/mol. The molecule has 4 heteroatoms. The van der Waals surface area contributed by atoms with E-state index in [4.69, 9.17) is 4.42 Å². The van der Waals surface area contributed by atoms with Gasteiger partial charge in [0.2, 0.25) is 0 Å². The molecule has 0 bridgehead atoms. The lowest BCUT2D eigenvalue weighted by Gasteiger charge is -2.08. The van der Waals surface area contributed by atoms with Crippen LogP contribution in [-0.4, -0.2) is 10.1 Å². The first-order valence-electron chi connectivity index (χ1n) is 13.7. The highest BCUT2D eigenvalue weighted by Crippen LogP contribution is 2.27. The van der Waals surface area contributed by atoms with Crippen LogP contribution in [0.5, 0.6) is 5.75 Å². The summed E-state index contributed by atoms with van der Waals surface area (Å²) in [6.45, 7) is 2.28. The van der Waals surface area contributed by atoms with Crippen molar-refractivity contribution in [2.75, 3.05) is 0 Å². The number of rotatable bonds is 17. The number of aromatic nitrogens is 1. The van der Waals surface area contributed by atoms with Crippen molar-refractivity contribution in [3.63, 3.8) is 0 Å². The van der Waals surface area contributed by atoms with E-state index in [1.807, 2.05) is 6.07 Å². The third kappa shape index (κ3) is 8.77. The first-order chi connectivity index (χ1) is 16.7. The topological polar surface area (TPSA) is 63.3 Å². The number of nitrogens with zero attached hydrogens (tertiary/aromatic N) is 1. The molecule has 2 aliphatic rings. The lowest BCUT2D eigenvalue weighted by molar-refractivity contribution is 0.474. The third-order valence-corrected chi connectivity index (χ3v) is 6.85. The molecule has 1 heterocycles. The number of phenolic OH excluding ortho intramolecular Hbond substituents is 1. The summed E-state index contributed by atoms with van der Waals surface area (Å²) in [5, 5.41) is 9.62. The van der Waals surface area contributed by atoms with Gasteiger partial charge in [-0.25, -0.2) is 4.98 Å². The largest absolute Gasteiger partial charge is 0.508 e. The van der Waals surface area contributed by atoms with Crippen LogP contribution in [-0.2, 0) is 6.42 Å². The standard InChI is InChI=1S/C30H43NO3/c1-2-3-4-5-6-7-8-9-10-11-12-13-14-15-16-17-18-24-21-27-30(23-28(24)33)34-29-22-25(32)19-20-26(29)31-27/h19-23,32H,2-18H2,1H3. The number of aryl methyl sites for hydroxylation is 1. The number of benzene rings is 2. The molecule has 1 aromatic carbocycles. The molecule has 0 amide bonds. The fourth-order valence-electron chi connectivity index (χ4n) is 4.75. The first kappa shape index (κ1) is 26.2. The Bertz CT molecular complexity index is 1010. The van der Waals surface area contributed by atoms with Crippen LogP contribution < -0.4 is 5.43 Å². The zero-order valence-corrected chi connectivity index (χ0v) is 21.1. The van der Waals surface area contributed by atoms with Crippen LogP contribution in [0.2, 0.25) is 0 Å². The van der Waals surface area contributed by atoms with E-state index in [9.17, 15) is 9.90 Å². The third-order valence-electron chi connectivity index (χ3n) is 6.85. The molecule has 186 valence electrons. The second-order valence-electron chi connectivity index (χ2n) is 9.85. The van der Waals surface area contributed by atoms with Gasteiger partial charge in [0.15, 0.2) is 16.8 Å². The molecule has 4 nitrogen and oxygen atoms in total. The van der Waals surface area contributed by atoms with Crippen LogP contribution in [0.4, 0.5) is 0 Å². The van der Waals surface area contributed by atoms with Crippen molar-refractivity contribution in [2.45, 2.75) is 116 Å². The molecule has 0 spiro atoms. The normalized spacial score (nSPS) is 11.6. The van der Waals surface area contributed by atoms with E-state index in [2.05, 4.69) is 11.9 Å². The molecule has 0 radical (unpaired) electrons. The summed E-state index contributed by atoms with van der Waals surface area (Å²) in [5.74, 6) is 0.596. The fourth-order valence-corrected chi connectivity index (χ4v) is 4.75. The van der Waals surface area contributed by atoms with Crippen molar-refractivity contribution >= 4 is 11.1 Å². The van der Waals surface area contributed by atoms with Gasteiger partial charge in [0.25, 0.3) is 0 Å². The minimum Gasteiger partial charge on any atom is -0.508 e. The van der Waals surface area contributed by atoms with Gasteiger partial charge in [0, 0.05) is 17.7 Å². The van der Waals surface area contributed by atoms with Crippen molar-refractivity contribution in [1.29, 1.82) is 0 Å². The van der Waals surface area contributed by atoms with Crippen molar-refractivity contribution in [2.24, 2.45) is 0 Å². The van der Waals surface area contributed by atoms with Crippen LogP contribution in [0.1, 0.15) is 115 Å². The number of hydrogen-bond donors (Lipinski definition) is 1. The molecule has 1 aromatic rings. The monoisotopic (exact) mass is 465 g/mol. The van der Waals surface area contributed by atoms with Gasteiger partial charge in [-0.05, 0) is 31.0 Å². The van der Waals surface area contributed by atoms with E-state index >= 15 is 0 Å². The predicted octanol–water partition coefficient (Wildman–Crippen LogP) is 8.80. The van der Waals surface area contributed by atoms with Gasteiger partial charge >= 0.3 is 0 Å². The molecular weight excluding hydrogens is 422 g/mol. The smallest absolute Gasteiger partial charge is 0.185 e. The zero-order valence-electron chi connectivity index (χ0n) is 21.1. The number of aromatic hydroxyl groups is 1. The van der Waals surface area contributed by atoms with Crippen LogP contribution >= 0.6 is 0 Å². The molecule has 34 heavy (non-hydrogen) atoms. The minimum absolute atomic E-state index is 0.0125. The first-order valence-corrected chi connectivity index (χ1v) is 13.7. The molecule has 0 unspecified atom stereocenters. The van der Waals surface area contributed by atoms with Gasteiger partial charge < -0.3 is 9.52 Å². The molecule has 1 aliphatic carbocycles. The molecular formula is C30H43NO3. The van der Waals surface area contributed by atoms with Crippen molar-refractivity contribution in [3.8, 4) is 17.2 Å². The maximum absolute atomic E-state index is 12.5. The Labute approximate surface area is 205 Å². The molecule has 1 N–H and O–H groups in total. The van der Waals surface area contributed by atoms with Gasteiger partial charge in [-0.2, -0.15) is 0 Å². The molecule has 0 saturated carbocycles. The Morgan fingerprint density at radius 3 is 1.88 bits per heavy atom. The summed E-state index contributed by atoms with van der Waals surface area (Å²) in [6.07, 6.45) is 22.4. The number of fused-ring (bicyclic) bond motifs is 2. The van der Waals surface area contributed by atoms with Gasteiger partial charge in [-0.15, -0.1) is 0 Å². The Balaban J connectivity index is 1.26. The highest BCUT2D eigenvalue weighted by molar-refractivity contribution is 5.77. The summed E-state index contributed by atoms with van der Waals surface area (Å²) >= 11 is 0. The lowest BCUT2D eigenvalue weighted by atomic mass is 10.0. The van der Waals surface area contributed by atoms with E-state index in [1.165, 1.54) is 108 Å². The van der Waals surface area contributed by atoms with E-state index < -0.39 is 0 Å². The van der Waals surface area contributed by atoms with Crippen molar-refractivity contribution in [1.82, 2.24) is 4.98 Å². The SMILES string of the molecule is CCCCCCCCCCCCCCCCCCc1cc2nc3ccc(O)cc3oc-2cc1=O. The van der Waals surface area contributed by atoms with Gasteiger partial charge in [-0.3, -0.25) is 4.79 Å². The summed E-state index contributed by atoms with van der Waals surface area (Å²) in [4.78, 5) is 17.1. The highest BCUT2D eigenvalue weighted by Gasteiger charge is 2.13. The maximum Gasteiger partial charge on any atom is 0.185 e. The molecule has 1 aliphatic heterocycles. The molecule has 0 atom stereocenters. The second kappa shape index (κ2) is 14.8. The molecule has 0 saturated heterocycles. The van der Waals surface area contributed by atoms with E-state index in [0.717, 1.165) is 18.4 Å². The van der Waals surface area contributed by atoms with E-state index in [-0.39, 0.29) is 11.2 Å². The highest BCUT2D eigenvalue weighted by atomic mass is 16.3. The minimum atomic E-state index is 0.0125. The van der Waals surface area contributed by atoms with E-state index in [1.54, 1.807) is 12.1 Å². The van der Waals surface area contributed by atoms with Crippen molar-refractivity contribution in [3.05, 3.63) is 46.1 Å². The summed E-state index contributed by atoms with van der Waals surface area (Å²) in [5.41, 5.74) is 2.69. The molecule has 0 aromatic heterocycles. The van der Waals surface area contributed by atoms with Crippen LogP contribution in [0, 0.1) is 0 Å².